The molecule has 21 heavy (non-hydrogen) atoms. The van der Waals surface area contributed by atoms with E-state index in [0.717, 1.165) is 22.2 Å². The Morgan fingerprint density at radius 1 is 1.10 bits per heavy atom. The summed E-state index contributed by atoms with van der Waals surface area (Å²) in [5.41, 5.74) is 9.41. The maximum atomic E-state index is 6.18. The molecule has 3 aromatic rings. The fourth-order valence-corrected chi connectivity index (χ4v) is 2.32. The van der Waals surface area contributed by atoms with Gasteiger partial charge in [0.05, 0.1) is 11.6 Å². The first kappa shape index (κ1) is 13.6. The summed E-state index contributed by atoms with van der Waals surface area (Å²) in [4.78, 5) is 4.33. The van der Waals surface area contributed by atoms with E-state index in [1.54, 1.807) is 6.20 Å². The highest BCUT2D eigenvalue weighted by Crippen LogP contribution is 2.20. The third kappa shape index (κ3) is 3.20. The first-order valence-electron chi connectivity index (χ1n) is 7.02. The van der Waals surface area contributed by atoms with E-state index >= 15 is 0 Å². The van der Waals surface area contributed by atoms with Crippen LogP contribution in [0.25, 0.3) is 10.9 Å². The number of hydrogen-bond donors (Lipinski definition) is 1. The van der Waals surface area contributed by atoms with Crippen molar-refractivity contribution in [3.63, 3.8) is 0 Å². The lowest BCUT2D eigenvalue weighted by atomic mass is 10.1. The lowest BCUT2D eigenvalue weighted by Gasteiger charge is -2.14. The summed E-state index contributed by atoms with van der Waals surface area (Å²) < 4.78 is 5.81. The normalized spacial score (nSPS) is 12.3. The number of nitrogens with zero attached hydrogens (tertiary/aromatic N) is 1. The Hall–Kier alpha value is -2.39. The van der Waals surface area contributed by atoms with Crippen LogP contribution in [0.4, 0.5) is 0 Å². The molecule has 3 rings (SSSR count). The lowest BCUT2D eigenvalue weighted by Crippen LogP contribution is -2.19. The molecule has 3 heteroatoms. The Bertz CT molecular complexity index is 755. The SMILES string of the molecule is Cc1cccc(C(N)COc2ccc3cccnc3c2)c1. The monoisotopic (exact) mass is 278 g/mol. The van der Waals surface area contributed by atoms with E-state index in [4.69, 9.17) is 10.5 Å². The number of pyridine rings is 1. The van der Waals surface area contributed by atoms with E-state index < -0.39 is 0 Å². The number of aromatic nitrogens is 1. The molecule has 0 radical (unpaired) electrons. The van der Waals surface area contributed by atoms with Gasteiger partial charge in [0.25, 0.3) is 0 Å². The van der Waals surface area contributed by atoms with E-state index in [1.165, 1.54) is 5.56 Å². The molecule has 1 atom stereocenters. The van der Waals surface area contributed by atoms with Crippen molar-refractivity contribution in [1.82, 2.24) is 4.98 Å². The Kier molecular flexibility index (Phi) is 3.84. The number of nitrogens with two attached hydrogens (primary N) is 1. The van der Waals surface area contributed by atoms with Gasteiger partial charge in [0.2, 0.25) is 0 Å². The topological polar surface area (TPSA) is 48.1 Å². The van der Waals surface area contributed by atoms with Gasteiger partial charge in [-0.25, -0.2) is 0 Å². The summed E-state index contributed by atoms with van der Waals surface area (Å²) in [5.74, 6) is 0.796. The summed E-state index contributed by atoms with van der Waals surface area (Å²) in [6, 6.07) is 17.9. The third-order valence-electron chi connectivity index (χ3n) is 3.48. The van der Waals surface area contributed by atoms with Gasteiger partial charge in [-0.15, -0.1) is 0 Å². The summed E-state index contributed by atoms with van der Waals surface area (Å²) in [6.45, 7) is 2.51. The van der Waals surface area contributed by atoms with E-state index in [9.17, 15) is 0 Å². The Morgan fingerprint density at radius 3 is 2.86 bits per heavy atom. The maximum absolute atomic E-state index is 6.18. The molecule has 1 aromatic heterocycles. The van der Waals surface area contributed by atoms with E-state index in [1.807, 2.05) is 42.5 Å². The zero-order valence-electron chi connectivity index (χ0n) is 12.0. The predicted octanol–water partition coefficient (Wildman–Crippen LogP) is 3.62. The number of benzene rings is 2. The van der Waals surface area contributed by atoms with Gasteiger partial charge in [-0.1, -0.05) is 35.9 Å². The molecule has 2 N–H and O–H groups in total. The molecule has 0 aliphatic carbocycles. The van der Waals surface area contributed by atoms with Crippen LogP contribution >= 0.6 is 0 Å². The fourth-order valence-electron chi connectivity index (χ4n) is 2.32. The van der Waals surface area contributed by atoms with Crippen LogP contribution < -0.4 is 10.5 Å². The Labute approximate surface area is 124 Å². The Morgan fingerprint density at radius 2 is 2.00 bits per heavy atom. The van der Waals surface area contributed by atoms with Crippen LogP contribution in [0.15, 0.2) is 60.8 Å². The number of fused-ring (bicyclic) bond motifs is 1. The summed E-state index contributed by atoms with van der Waals surface area (Å²) in [7, 11) is 0. The molecule has 3 nitrogen and oxygen atoms in total. The van der Waals surface area contributed by atoms with Gasteiger partial charge in [0, 0.05) is 17.6 Å². The highest BCUT2D eigenvalue weighted by molar-refractivity contribution is 5.79. The zero-order valence-corrected chi connectivity index (χ0v) is 12.0. The first-order valence-corrected chi connectivity index (χ1v) is 7.02. The van der Waals surface area contributed by atoms with Crippen LogP contribution in [0, 0.1) is 6.92 Å². The van der Waals surface area contributed by atoms with Crippen molar-refractivity contribution in [1.29, 1.82) is 0 Å². The van der Waals surface area contributed by atoms with Crippen LogP contribution in [0.2, 0.25) is 0 Å². The average Bonchev–Trinajstić information content (AvgIpc) is 2.52. The van der Waals surface area contributed by atoms with E-state index in [0.29, 0.717) is 6.61 Å². The minimum absolute atomic E-state index is 0.135. The van der Waals surface area contributed by atoms with Crippen LogP contribution in [-0.2, 0) is 0 Å². The van der Waals surface area contributed by atoms with Crippen LogP contribution in [-0.4, -0.2) is 11.6 Å². The average molecular weight is 278 g/mol. The van der Waals surface area contributed by atoms with E-state index in [2.05, 4.69) is 24.0 Å². The van der Waals surface area contributed by atoms with Crippen molar-refractivity contribution in [3.05, 3.63) is 71.9 Å². The smallest absolute Gasteiger partial charge is 0.121 e. The van der Waals surface area contributed by atoms with Crippen LogP contribution in [0.3, 0.4) is 0 Å². The van der Waals surface area contributed by atoms with Gasteiger partial charge in [0.15, 0.2) is 0 Å². The number of rotatable bonds is 4. The molecule has 0 aliphatic heterocycles. The van der Waals surface area contributed by atoms with Gasteiger partial charge in [-0.05, 0) is 30.7 Å². The molecule has 2 aromatic carbocycles. The van der Waals surface area contributed by atoms with E-state index in [-0.39, 0.29) is 6.04 Å². The van der Waals surface area contributed by atoms with Gasteiger partial charge >= 0.3 is 0 Å². The van der Waals surface area contributed by atoms with Crippen molar-refractivity contribution in [2.75, 3.05) is 6.61 Å². The summed E-state index contributed by atoms with van der Waals surface area (Å²) in [5, 5.41) is 1.10. The molecule has 0 aliphatic rings. The third-order valence-corrected chi connectivity index (χ3v) is 3.48. The zero-order chi connectivity index (χ0) is 14.7. The molecular weight excluding hydrogens is 260 g/mol. The molecule has 0 saturated heterocycles. The summed E-state index contributed by atoms with van der Waals surface area (Å²) in [6.07, 6.45) is 1.78. The van der Waals surface area contributed by atoms with Crippen molar-refractivity contribution in [3.8, 4) is 5.75 Å². The van der Waals surface area contributed by atoms with Gasteiger partial charge in [-0.3, -0.25) is 4.98 Å². The molecule has 0 saturated carbocycles. The number of aryl methyl sites for hydroxylation is 1. The molecule has 0 bridgehead atoms. The highest BCUT2D eigenvalue weighted by atomic mass is 16.5. The fraction of sp³-hybridized carbons (Fsp3) is 0.167. The minimum Gasteiger partial charge on any atom is -0.492 e. The number of ether oxygens (including phenoxy) is 1. The molecule has 1 heterocycles. The molecule has 0 amide bonds. The summed E-state index contributed by atoms with van der Waals surface area (Å²) >= 11 is 0. The number of hydrogen-bond acceptors (Lipinski definition) is 3. The predicted molar refractivity (Wildman–Crippen MR) is 85.3 cm³/mol. The molecule has 0 spiro atoms. The molecule has 0 fully saturated rings. The van der Waals surface area contributed by atoms with Crippen molar-refractivity contribution < 1.29 is 4.74 Å². The first-order chi connectivity index (χ1) is 10.2. The quantitative estimate of drug-likeness (QED) is 0.793. The lowest BCUT2D eigenvalue weighted by molar-refractivity contribution is 0.291. The molecule has 106 valence electrons. The van der Waals surface area contributed by atoms with Gasteiger partial charge in [0.1, 0.15) is 12.4 Å². The largest absolute Gasteiger partial charge is 0.492 e. The van der Waals surface area contributed by atoms with Crippen molar-refractivity contribution in [2.24, 2.45) is 5.73 Å². The molecule has 1 unspecified atom stereocenters. The maximum Gasteiger partial charge on any atom is 0.121 e. The second-order valence-electron chi connectivity index (χ2n) is 5.19. The van der Waals surface area contributed by atoms with Crippen LogP contribution in [0.1, 0.15) is 17.2 Å². The van der Waals surface area contributed by atoms with Gasteiger partial charge in [-0.2, -0.15) is 0 Å². The van der Waals surface area contributed by atoms with Crippen LogP contribution in [0.5, 0.6) is 5.75 Å². The molecular formula is C18H18N2O. The van der Waals surface area contributed by atoms with Crippen molar-refractivity contribution in [2.45, 2.75) is 13.0 Å². The van der Waals surface area contributed by atoms with Gasteiger partial charge < -0.3 is 10.5 Å². The van der Waals surface area contributed by atoms with Crippen molar-refractivity contribution >= 4 is 10.9 Å². The highest BCUT2D eigenvalue weighted by Gasteiger charge is 2.07. The second kappa shape index (κ2) is 5.94. The second-order valence-corrected chi connectivity index (χ2v) is 5.19. The minimum atomic E-state index is -0.135. The Balaban J connectivity index is 1.71. The standard InChI is InChI=1S/C18H18N2O/c1-13-4-2-5-15(10-13)17(19)12-21-16-8-7-14-6-3-9-20-18(14)11-16/h2-11,17H,12,19H2,1H3.